The van der Waals surface area contributed by atoms with Gasteiger partial charge in [0.2, 0.25) is 5.91 Å². The second kappa shape index (κ2) is 23.2. The lowest BCUT2D eigenvalue weighted by Gasteiger charge is -2.18. The standard InChI is InChI=1S/C50H55ClFN5O5/c1-4-41(35-13-8-7-9-14-35)49(36-16-21-39(58)22-17-36)37-18-23-40(24-19-37)61-30-28-57(2)27-11-6-5-10-15-48(59)53-26-12-29-62-47-32-42-45(33-46(47)60-3)54-34-55-50(42)56-38-20-25-44(52)43(51)31-38/h7-9,13-14,16-25,31-34,58H,4-6,10-12,15,26-30H2,1-3H3,(H,53,59)(H,54,55,56)/b49-41-. The summed E-state index contributed by atoms with van der Waals surface area (Å²) in [7, 11) is 3.68. The monoisotopic (exact) mass is 859 g/mol. The van der Waals surface area contributed by atoms with E-state index in [0.717, 1.165) is 67.6 Å². The van der Waals surface area contributed by atoms with Crippen LogP contribution in [0.25, 0.3) is 22.0 Å². The maximum Gasteiger partial charge on any atom is 0.219 e. The summed E-state index contributed by atoms with van der Waals surface area (Å²) in [4.78, 5) is 23.5. The molecule has 5 aromatic carbocycles. The van der Waals surface area contributed by atoms with Crippen LogP contribution in [-0.2, 0) is 4.79 Å². The third-order valence-electron chi connectivity index (χ3n) is 10.5. The van der Waals surface area contributed by atoms with Crippen LogP contribution >= 0.6 is 11.6 Å². The van der Waals surface area contributed by atoms with Gasteiger partial charge >= 0.3 is 0 Å². The number of anilines is 2. The number of nitrogens with zero attached hydrogens (tertiary/aromatic N) is 3. The number of allylic oxidation sites excluding steroid dienone is 1. The SMILES string of the molecule is CC/C(=C(\c1ccc(O)cc1)c1ccc(OCCN(C)CCCCCCC(=O)NCCCOc2cc3c(Nc4ccc(F)c(Cl)c4)ncnc3cc2OC)cc1)c1ccccc1. The fourth-order valence-electron chi connectivity index (χ4n) is 7.19. The van der Waals surface area contributed by atoms with E-state index in [0.29, 0.717) is 66.5 Å². The van der Waals surface area contributed by atoms with Crippen LogP contribution in [0, 0.1) is 5.82 Å². The van der Waals surface area contributed by atoms with Gasteiger partial charge in [0.1, 0.15) is 36.1 Å². The van der Waals surface area contributed by atoms with Crippen molar-refractivity contribution >= 4 is 51.1 Å². The summed E-state index contributed by atoms with van der Waals surface area (Å²) >= 11 is 5.96. The number of amides is 1. The average molecular weight is 860 g/mol. The number of phenols is 1. The molecule has 6 rings (SSSR count). The Bertz CT molecular complexity index is 2400. The predicted molar refractivity (Wildman–Crippen MR) is 247 cm³/mol. The zero-order chi connectivity index (χ0) is 43.7. The fraction of sp³-hybridized carbons (Fsp3) is 0.300. The Morgan fingerprint density at radius 3 is 2.26 bits per heavy atom. The van der Waals surface area contributed by atoms with Crippen LogP contribution in [0.4, 0.5) is 15.9 Å². The summed E-state index contributed by atoms with van der Waals surface area (Å²) in [6.07, 6.45) is 7.36. The normalized spacial score (nSPS) is 11.6. The Morgan fingerprint density at radius 1 is 0.790 bits per heavy atom. The van der Waals surface area contributed by atoms with Crippen molar-refractivity contribution in [3.63, 3.8) is 0 Å². The van der Waals surface area contributed by atoms with E-state index in [2.05, 4.69) is 75.9 Å². The Hall–Kier alpha value is -6.17. The van der Waals surface area contributed by atoms with Gasteiger partial charge < -0.3 is 34.9 Å². The van der Waals surface area contributed by atoms with Gasteiger partial charge in [-0.25, -0.2) is 14.4 Å². The molecule has 0 radical (unpaired) electrons. The summed E-state index contributed by atoms with van der Waals surface area (Å²) in [5, 5.41) is 16.8. The number of nitrogens with one attached hydrogen (secondary N) is 2. The molecule has 10 nitrogen and oxygen atoms in total. The number of phenolic OH excluding ortho intramolecular Hbond substituents is 1. The van der Waals surface area contributed by atoms with Gasteiger partial charge in [-0.1, -0.05) is 86.0 Å². The number of halogens is 2. The molecule has 62 heavy (non-hydrogen) atoms. The second-order valence-electron chi connectivity index (χ2n) is 15.0. The number of carbonyl (C=O) groups excluding carboxylic acids is 1. The number of hydrogen-bond donors (Lipinski definition) is 3. The maximum absolute atomic E-state index is 13.7. The van der Waals surface area contributed by atoms with Gasteiger partial charge in [0.25, 0.3) is 0 Å². The number of hydrogen-bond acceptors (Lipinski definition) is 9. The molecule has 0 saturated carbocycles. The third kappa shape index (κ3) is 12.9. The number of fused-ring (bicyclic) bond motifs is 1. The van der Waals surface area contributed by atoms with Crippen LogP contribution in [0.5, 0.6) is 23.0 Å². The number of aromatic nitrogens is 2. The van der Waals surface area contributed by atoms with Gasteiger partial charge in [-0.3, -0.25) is 4.79 Å². The highest BCUT2D eigenvalue weighted by atomic mass is 35.5. The summed E-state index contributed by atoms with van der Waals surface area (Å²) in [5.41, 5.74) is 6.94. The van der Waals surface area contributed by atoms with Gasteiger partial charge in [-0.2, -0.15) is 0 Å². The van der Waals surface area contributed by atoms with Crippen LogP contribution in [-0.4, -0.2) is 72.9 Å². The van der Waals surface area contributed by atoms with Crippen molar-refractivity contribution in [1.29, 1.82) is 0 Å². The van der Waals surface area contributed by atoms with Crippen molar-refractivity contribution in [2.24, 2.45) is 0 Å². The number of unbranched alkanes of at least 4 members (excludes halogenated alkanes) is 3. The van der Waals surface area contributed by atoms with E-state index in [1.165, 1.54) is 29.6 Å². The highest BCUT2D eigenvalue weighted by Crippen LogP contribution is 2.37. The van der Waals surface area contributed by atoms with Crippen molar-refractivity contribution in [1.82, 2.24) is 20.2 Å². The van der Waals surface area contributed by atoms with Crippen LogP contribution < -0.4 is 24.8 Å². The van der Waals surface area contributed by atoms with E-state index >= 15 is 0 Å². The number of benzene rings is 5. The fourth-order valence-corrected chi connectivity index (χ4v) is 7.38. The molecule has 0 aliphatic rings. The quantitative estimate of drug-likeness (QED) is 0.0427. The Kier molecular flexibility index (Phi) is 16.9. The first-order valence-electron chi connectivity index (χ1n) is 21.2. The smallest absolute Gasteiger partial charge is 0.219 e. The number of ether oxygens (including phenoxy) is 3. The number of methoxy groups -OCH3 is 1. The van der Waals surface area contributed by atoms with E-state index in [-0.39, 0.29) is 16.7 Å². The number of rotatable bonds is 23. The van der Waals surface area contributed by atoms with Crippen molar-refractivity contribution < 1.29 is 28.5 Å². The van der Waals surface area contributed by atoms with E-state index in [1.54, 1.807) is 37.4 Å². The molecule has 12 heteroatoms. The van der Waals surface area contributed by atoms with E-state index in [1.807, 2.05) is 30.3 Å². The molecule has 324 valence electrons. The number of carbonyl (C=O) groups is 1. The van der Waals surface area contributed by atoms with Crippen molar-refractivity contribution in [2.75, 3.05) is 52.3 Å². The van der Waals surface area contributed by atoms with Crippen molar-refractivity contribution in [3.05, 3.63) is 143 Å². The largest absolute Gasteiger partial charge is 0.508 e. The second-order valence-corrected chi connectivity index (χ2v) is 15.4. The molecule has 1 heterocycles. The lowest BCUT2D eigenvalue weighted by atomic mass is 9.88. The number of likely N-dealkylation sites (N-methyl/N-ethyl adjacent to an activating group) is 1. The molecule has 6 aromatic rings. The van der Waals surface area contributed by atoms with Gasteiger partial charge in [0, 0.05) is 36.7 Å². The summed E-state index contributed by atoms with van der Waals surface area (Å²) in [6.45, 7) is 5.40. The molecule has 0 atom stereocenters. The average Bonchev–Trinajstić information content (AvgIpc) is 3.28. The van der Waals surface area contributed by atoms with E-state index in [4.69, 9.17) is 25.8 Å². The lowest BCUT2D eigenvalue weighted by Crippen LogP contribution is -2.25. The van der Waals surface area contributed by atoms with Gasteiger partial charge in [-0.15, -0.1) is 0 Å². The predicted octanol–water partition coefficient (Wildman–Crippen LogP) is 11.1. The maximum atomic E-state index is 13.7. The topological polar surface area (TPSA) is 118 Å². The Labute approximate surface area is 368 Å². The van der Waals surface area contributed by atoms with Crippen molar-refractivity contribution in [2.45, 2.75) is 51.9 Å². The lowest BCUT2D eigenvalue weighted by molar-refractivity contribution is -0.121. The van der Waals surface area contributed by atoms with E-state index < -0.39 is 5.82 Å². The zero-order valence-corrected chi connectivity index (χ0v) is 36.4. The molecule has 0 spiro atoms. The minimum absolute atomic E-state index is 0.00442. The van der Waals surface area contributed by atoms with Crippen LogP contribution in [0.1, 0.15) is 68.6 Å². The third-order valence-corrected chi connectivity index (χ3v) is 10.8. The molecule has 0 aliphatic carbocycles. The summed E-state index contributed by atoms with van der Waals surface area (Å²) in [6, 6.07) is 34.1. The first-order valence-corrected chi connectivity index (χ1v) is 21.5. The molecule has 0 fully saturated rings. The van der Waals surface area contributed by atoms with Gasteiger partial charge in [0.15, 0.2) is 11.5 Å². The van der Waals surface area contributed by atoms with Gasteiger partial charge in [-0.05, 0) is 116 Å². The van der Waals surface area contributed by atoms with Crippen LogP contribution in [0.15, 0.2) is 116 Å². The first-order chi connectivity index (χ1) is 30.2. The molecule has 1 amide bonds. The molecular formula is C50H55ClFN5O5. The van der Waals surface area contributed by atoms with Gasteiger partial charge in [0.05, 0.1) is 24.3 Å². The van der Waals surface area contributed by atoms with Crippen LogP contribution in [0.2, 0.25) is 5.02 Å². The Balaban J connectivity index is 0.856. The molecule has 0 bridgehead atoms. The summed E-state index contributed by atoms with van der Waals surface area (Å²) in [5.74, 6) is 2.17. The van der Waals surface area contributed by atoms with Crippen LogP contribution in [0.3, 0.4) is 0 Å². The first kappa shape index (κ1) is 45.4. The molecule has 0 unspecified atom stereocenters. The molecular weight excluding hydrogens is 805 g/mol. The molecule has 1 aromatic heterocycles. The Morgan fingerprint density at radius 2 is 1.53 bits per heavy atom. The highest BCUT2D eigenvalue weighted by Gasteiger charge is 2.15. The zero-order valence-electron chi connectivity index (χ0n) is 35.6. The molecule has 0 saturated heterocycles. The highest BCUT2D eigenvalue weighted by molar-refractivity contribution is 6.31. The summed E-state index contributed by atoms with van der Waals surface area (Å²) < 4.78 is 31.4. The van der Waals surface area contributed by atoms with Crippen molar-refractivity contribution in [3.8, 4) is 23.0 Å². The number of aromatic hydroxyl groups is 1. The molecule has 3 N–H and O–H groups in total. The van der Waals surface area contributed by atoms with E-state index in [9.17, 15) is 14.3 Å². The minimum atomic E-state index is -0.503. The minimum Gasteiger partial charge on any atom is -0.508 e. The molecule has 0 aliphatic heterocycles.